The SMILES string of the molecule is CCn1c(N=Nc2c(O)[nH]c(=O)[nH]c2=O)nc2c1c(=O)[nH]c(=O)n2C. The van der Waals surface area contributed by atoms with Crippen LogP contribution in [0.1, 0.15) is 6.92 Å². The Morgan fingerprint density at radius 3 is 2.44 bits per heavy atom. The Bertz CT molecular complexity index is 1240. The van der Waals surface area contributed by atoms with Gasteiger partial charge in [0.2, 0.25) is 11.6 Å². The quantitative estimate of drug-likeness (QED) is 0.437. The molecule has 0 fully saturated rings. The molecule has 13 nitrogen and oxygen atoms in total. The third-order valence-corrected chi connectivity index (χ3v) is 3.44. The molecule has 4 N–H and O–H groups in total. The molecule has 3 heterocycles. The highest BCUT2D eigenvalue weighted by Crippen LogP contribution is 2.22. The summed E-state index contributed by atoms with van der Waals surface area (Å²) in [6, 6.07) is 0. The van der Waals surface area contributed by atoms with Gasteiger partial charge < -0.3 is 9.67 Å². The van der Waals surface area contributed by atoms with Crippen molar-refractivity contribution in [2.75, 3.05) is 0 Å². The molecule has 3 rings (SSSR count). The molecule has 0 aromatic carbocycles. The molecule has 0 unspecified atom stereocenters. The second-order valence-electron chi connectivity index (χ2n) is 4.95. The van der Waals surface area contributed by atoms with Crippen LogP contribution in [0.25, 0.3) is 11.2 Å². The highest BCUT2D eigenvalue weighted by atomic mass is 16.3. The Balaban J connectivity index is 2.24. The van der Waals surface area contributed by atoms with Crippen molar-refractivity contribution in [2.24, 2.45) is 17.3 Å². The fourth-order valence-electron chi connectivity index (χ4n) is 2.25. The van der Waals surface area contributed by atoms with Crippen molar-refractivity contribution < 1.29 is 5.11 Å². The first-order valence-corrected chi connectivity index (χ1v) is 7.00. The summed E-state index contributed by atoms with van der Waals surface area (Å²) < 4.78 is 2.51. The zero-order valence-electron chi connectivity index (χ0n) is 13.0. The van der Waals surface area contributed by atoms with Crippen molar-refractivity contribution in [2.45, 2.75) is 13.5 Å². The van der Waals surface area contributed by atoms with Crippen LogP contribution in [-0.4, -0.2) is 34.2 Å². The molecular weight excluding hydrogens is 336 g/mol. The van der Waals surface area contributed by atoms with Crippen LogP contribution in [-0.2, 0) is 13.6 Å². The van der Waals surface area contributed by atoms with Crippen LogP contribution in [0.15, 0.2) is 29.4 Å². The van der Waals surface area contributed by atoms with Crippen molar-refractivity contribution in [3.8, 4) is 5.88 Å². The van der Waals surface area contributed by atoms with Crippen LogP contribution >= 0.6 is 0 Å². The summed E-state index contributed by atoms with van der Waals surface area (Å²) in [6.45, 7) is 2.00. The molecule has 0 amide bonds. The highest BCUT2D eigenvalue weighted by Gasteiger charge is 2.16. The molecule has 130 valence electrons. The highest BCUT2D eigenvalue weighted by molar-refractivity contribution is 5.73. The van der Waals surface area contributed by atoms with Crippen molar-refractivity contribution >= 4 is 22.8 Å². The molecule has 0 radical (unpaired) electrons. The van der Waals surface area contributed by atoms with Gasteiger partial charge in [-0.05, 0) is 6.92 Å². The van der Waals surface area contributed by atoms with Crippen molar-refractivity contribution in [1.82, 2.24) is 29.1 Å². The largest absolute Gasteiger partial charge is 0.493 e. The van der Waals surface area contributed by atoms with E-state index >= 15 is 0 Å². The summed E-state index contributed by atoms with van der Waals surface area (Å²) in [5.74, 6) is -0.823. The van der Waals surface area contributed by atoms with E-state index in [0.717, 1.165) is 4.57 Å². The van der Waals surface area contributed by atoms with Crippen molar-refractivity contribution in [3.05, 3.63) is 41.7 Å². The lowest BCUT2D eigenvalue weighted by molar-refractivity contribution is 0.450. The molecule has 0 aliphatic rings. The topological polar surface area (TPSA) is 183 Å². The van der Waals surface area contributed by atoms with Gasteiger partial charge >= 0.3 is 11.4 Å². The number of H-pyrrole nitrogens is 3. The number of hydrogen-bond acceptors (Lipinski definition) is 8. The van der Waals surface area contributed by atoms with Crippen LogP contribution in [0.5, 0.6) is 5.88 Å². The standard InChI is InChI=1S/C12H12N8O5/c1-3-20-5-6(19(2)12(25)16-9(5)23)13-10(20)18-17-4-7(21)14-11(24)15-8(4)22/h3H2,1-2H3,(H,16,23,25)(H3,14,15,21,22,24). The number of azo groups is 1. The number of aromatic amines is 3. The van der Waals surface area contributed by atoms with E-state index in [0.29, 0.717) is 0 Å². The number of aryl methyl sites for hydroxylation is 2. The van der Waals surface area contributed by atoms with Gasteiger partial charge in [-0.2, -0.15) is 4.98 Å². The monoisotopic (exact) mass is 348 g/mol. The van der Waals surface area contributed by atoms with E-state index in [2.05, 4.69) is 20.2 Å². The number of fused-ring (bicyclic) bond motifs is 1. The molecular formula is C12H12N8O5. The van der Waals surface area contributed by atoms with E-state index in [1.54, 1.807) is 6.92 Å². The molecule has 0 aliphatic carbocycles. The Kier molecular flexibility index (Phi) is 3.67. The Morgan fingerprint density at radius 2 is 1.80 bits per heavy atom. The van der Waals surface area contributed by atoms with Crippen LogP contribution < -0.4 is 22.5 Å². The number of aromatic hydroxyl groups is 1. The van der Waals surface area contributed by atoms with Gasteiger partial charge in [-0.15, -0.1) is 10.2 Å². The van der Waals surface area contributed by atoms with Crippen LogP contribution in [0.2, 0.25) is 0 Å². The summed E-state index contributed by atoms with van der Waals surface area (Å²) >= 11 is 0. The molecule has 0 aliphatic heterocycles. The third kappa shape index (κ3) is 2.56. The predicted octanol–water partition coefficient (Wildman–Crippen LogP) is -1.06. The average molecular weight is 348 g/mol. The molecule has 3 aromatic heterocycles. The second-order valence-corrected chi connectivity index (χ2v) is 4.95. The van der Waals surface area contributed by atoms with Gasteiger partial charge in [0.25, 0.3) is 17.1 Å². The van der Waals surface area contributed by atoms with E-state index in [-0.39, 0.29) is 23.7 Å². The van der Waals surface area contributed by atoms with Gasteiger partial charge in [0.05, 0.1) is 0 Å². The van der Waals surface area contributed by atoms with Gasteiger partial charge in [-0.25, -0.2) is 9.59 Å². The molecule has 13 heteroatoms. The van der Waals surface area contributed by atoms with Crippen molar-refractivity contribution in [1.29, 1.82) is 0 Å². The first-order valence-electron chi connectivity index (χ1n) is 7.00. The first-order chi connectivity index (χ1) is 11.8. The minimum absolute atomic E-state index is 0.0609. The predicted molar refractivity (Wildman–Crippen MR) is 84.8 cm³/mol. The third-order valence-electron chi connectivity index (χ3n) is 3.44. The van der Waals surface area contributed by atoms with Gasteiger partial charge in [0.1, 0.15) is 0 Å². The summed E-state index contributed by atoms with van der Waals surface area (Å²) in [7, 11) is 1.42. The summed E-state index contributed by atoms with van der Waals surface area (Å²) in [5.41, 5.74) is -3.47. The normalized spacial score (nSPS) is 11.6. The average Bonchev–Trinajstić information content (AvgIpc) is 2.91. The lowest BCUT2D eigenvalue weighted by Gasteiger charge is -2.01. The molecule has 0 saturated heterocycles. The van der Waals surface area contributed by atoms with E-state index in [4.69, 9.17) is 0 Å². The van der Waals surface area contributed by atoms with Crippen LogP contribution in [0.3, 0.4) is 0 Å². The van der Waals surface area contributed by atoms with Crippen LogP contribution in [0.4, 0.5) is 11.6 Å². The van der Waals surface area contributed by atoms with Crippen molar-refractivity contribution in [3.63, 3.8) is 0 Å². The number of hydrogen-bond donors (Lipinski definition) is 4. The maximum absolute atomic E-state index is 12.0. The number of aromatic nitrogens is 6. The Morgan fingerprint density at radius 1 is 1.08 bits per heavy atom. The van der Waals surface area contributed by atoms with E-state index in [9.17, 15) is 24.3 Å². The number of rotatable bonds is 3. The zero-order valence-corrected chi connectivity index (χ0v) is 13.0. The van der Waals surface area contributed by atoms with Gasteiger partial charge in [0.15, 0.2) is 11.2 Å². The number of nitrogens with zero attached hydrogens (tertiary/aromatic N) is 5. The Hall–Kier alpha value is -3.77. The summed E-state index contributed by atoms with van der Waals surface area (Å²) in [4.78, 5) is 56.4. The van der Waals surface area contributed by atoms with E-state index in [1.165, 1.54) is 11.6 Å². The maximum atomic E-state index is 12.0. The smallest absolute Gasteiger partial charge is 0.329 e. The molecule has 0 saturated carbocycles. The summed E-state index contributed by atoms with van der Waals surface area (Å²) in [6.07, 6.45) is 0. The van der Waals surface area contributed by atoms with Crippen LogP contribution in [0, 0.1) is 0 Å². The fraction of sp³-hybridized carbons (Fsp3) is 0.250. The molecule has 0 atom stereocenters. The van der Waals surface area contributed by atoms with Gasteiger partial charge in [-0.3, -0.25) is 29.1 Å². The fourth-order valence-corrected chi connectivity index (χ4v) is 2.25. The minimum atomic E-state index is -0.950. The minimum Gasteiger partial charge on any atom is -0.493 e. The molecule has 0 spiro atoms. The number of imidazole rings is 1. The molecule has 3 aromatic rings. The Labute approximate surface area is 136 Å². The van der Waals surface area contributed by atoms with E-state index in [1.807, 2.05) is 9.97 Å². The molecule has 25 heavy (non-hydrogen) atoms. The first kappa shape index (κ1) is 16.1. The zero-order chi connectivity index (χ0) is 18.3. The van der Waals surface area contributed by atoms with Gasteiger partial charge in [0, 0.05) is 13.6 Å². The maximum Gasteiger partial charge on any atom is 0.329 e. The lowest BCUT2D eigenvalue weighted by Crippen LogP contribution is -2.29. The second kappa shape index (κ2) is 5.70. The molecule has 0 bridgehead atoms. The number of nitrogens with one attached hydrogen (secondary N) is 3. The van der Waals surface area contributed by atoms with E-state index < -0.39 is 34.1 Å². The lowest BCUT2D eigenvalue weighted by atomic mass is 10.5. The van der Waals surface area contributed by atoms with Gasteiger partial charge in [-0.1, -0.05) is 0 Å². The summed E-state index contributed by atoms with van der Waals surface area (Å²) in [5, 5.41) is 16.9.